The van der Waals surface area contributed by atoms with Crippen LogP contribution in [0.5, 0.6) is 0 Å². The van der Waals surface area contributed by atoms with Crippen molar-refractivity contribution in [3.63, 3.8) is 0 Å². The summed E-state index contributed by atoms with van der Waals surface area (Å²) in [5, 5.41) is 4.75. The molecule has 1 aromatic carbocycles. The van der Waals surface area contributed by atoms with E-state index in [1.54, 1.807) is 12.1 Å². The first-order chi connectivity index (χ1) is 11.8. The number of hydrazone groups is 1. The molecule has 0 aliphatic carbocycles. The van der Waals surface area contributed by atoms with Crippen LogP contribution in [0.15, 0.2) is 23.3 Å². The lowest BCUT2D eigenvalue weighted by atomic mass is 9.98. The van der Waals surface area contributed by atoms with Crippen LogP contribution in [0.4, 0.5) is 5.69 Å². The number of methoxy groups -OCH3 is 1. The monoisotopic (exact) mass is 343 g/mol. The molecular weight excluding hydrogens is 326 g/mol. The number of ether oxygens (including phenoxy) is 1. The number of carbonyl (C=O) groups is 4. The van der Waals surface area contributed by atoms with E-state index in [0.717, 1.165) is 28.1 Å². The van der Waals surface area contributed by atoms with Gasteiger partial charge in [-0.25, -0.2) is 14.7 Å². The van der Waals surface area contributed by atoms with Crippen LogP contribution in [0.2, 0.25) is 0 Å². The second kappa shape index (κ2) is 5.80. The molecule has 2 atom stereocenters. The van der Waals surface area contributed by atoms with Gasteiger partial charge in [0.15, 0.2) is 11.8 Å². The van der Waals surface area contributed by atoms with Crippen LogP contribution in [0.25, 0.3) is 0 Å². The molecule has 1 aromatic rings. The summed E-state index contributed by atoms with van der Waals surface area (Å²) in [7, 11) is 1.15. The van der Waals surface area contributed by atoms with Gasteiger partial charge in [-0.2, -0.15) is 5.10 Å². The molecule has 0 aromatic heterocycles. The Labute approximate surface area is 144 Å². The fraction of sp³-hybridized carbons (Fsp3) is 0.353. The minimum atomic E-state index is -1.15. The molecule has 1 fully saturated rings. The summed E-state index contributed by atoms with van der Waals surface area (Å²) in [5.74, 6) is -3.69. The summed E-state index contributed by atoms with van der Waals surface area (Å²) < 4.78 is 4.64. The van der Waals surface area contributed by atoms with Crippen molar-refractivity contribution in [2.24, 2.45) is 11.0 Å². The molecule has 0 unspecified atom stereocenters. The van der Waals surface area contributed by atoms with Gasteiger partial charge in [-0.1, -0.05) is 6.07 Å². The van der Waals surface area contributed by atoms with E-state index >= 15 is 0 Å². The molecule has 0 N–H and O–H groups in total. The fourth-order valence-electron chi connectivity index (χ4n) is 3.28. The molecule has 0 radical (unpaired) electrons. The zero-order valence-corrected chi connectivity index (χ0v) is 14.3. The zero-order valence-electron chi connectivity index (χ0n) is 14.3. The number of hydrogen-bond acceptors (Lipinski definition) is 6. The van der Waals surface area contributed by atoms with E-state index in [9.17, 15) is 19.2 Å². The molecule has 25 heavy (non-hydrogen) atoms. The maximum Gasteiger partial charge on any atom is 0.355 e. The molecule has 3 amide bonds. The minimum Gasteiger partial charge on any atom is -0.464 e. The highest BCUT2D eigenvalue weighted by Crippen LogP contribution is 2.36. The smallest absolute Gasteiger partial charge is 0.355 e. The number of nitrogens with zero attached hydrogens (tertiary/aromatic N) is 3. The highest BCUT2D eigenvalue weighted by molar-refractivity contribution is 6.47. The maximum absolute atomic E-state index is 12.9. The number of aryl methyl sites for hydroxylation is 2. The Balaban J connectivity index is 2.09. The van der Waals surface area contributed by atoms with Crippen LogP contribution in [-0.4, -0.2) is 47.6 Å². The number of hydrogen-bond donors (Lipinski definition) is 0. The van der Waals surface area contributed by atoms with Crippen LogP contribution >= 0.6 is 0 Å². The third kappa shape index (κ3) is 2.50. The lowest BCUT2D eigenvalue weighted by Gasteiger charge is -2.19. The molecule has 8 heteroatoms. The van der Waals surface area contributed by atoms with Gasteiger partial charge < -0.3 is 4.74 Å². The topological polar surface area (TPSA) is 96.3 Å². The Morgan fingerprint density at radius 3 is 2.20 bits per heavy atom. The molecule has 0 saturated carbocycles. The van der Waals surface area contributed by atoms with E-state index in [2.05, 4.69) is 9.84 Å². The zero-order chi connectivity index (χ0) is 18.5. The molecule has 2 aliphatic rings. The van der Waals surface area contributed by atoms with Crippen LogP contribution in [0.3, 0.4) is 0 Å². The van der Waals surface area contributed by atoms with Gasteiger partial charge in [0.25, 0.3) is 5.91 Å². The van der Waals surface area contributed by atoms with Crippen LogP contribution in [0.1, 0.15) is 18.1 Å². The summed E-state index contributed by atoms with van der Waals surface area (Å²) in [6.07, 6.45) is 0. The minimum absolute atomic E-state index is 0.229. The molecule has 2 heterocycles. The van der Waals surface area contributed by atoms with Crippen molar-refractivity contribution in [3.8, 4) is 0 Å². The number of carbonyl (C=O) groups excluding carboxylic acids is 4. The van der Waals surface area contributed by atoms with Gasteiger partial charge >= 0.3 is 5.97 Å². The molecular formula is C17H17N3O5. The van der Waals surface area contributed by atoms with Crippen LogP contribution < -0.4 is 4.90 Å². The van der Waals surface area contributed by atoms with Crippen molar-refractivity contribution in [2.75, 3.05) is 12.0 Å². The van der Waals surface area contributed by atoms with E-state index in [1.807, 2.05) is 19.9 Å². The summed E-state index contributed by atoms with van der Waals surface area (Å²) >= 11 is 0. The Hall–Kier alpha value is -3.03. The standard InChI is InChI=1S/C17H17N3O5/c1-8-5-9(2)7-11(6-8)19-15(22)12-13(17(24)25-4)18-20(10(3)21)14(12)16(19)23/h5-7,12,14H,1-4H3/t12-,14-/m0/s1. The number of fused-ring (bicyclic) bond motifs is 1. The van der Waals surface area contributed by atoms with E-state index in [1.165, 1.54) is 6.92 Å². The summed E-state index contributed by atoms with van der Waals surface area (Å²) in [6, 6.07) is 4.17. The number of anilines is 1. The Morgan fingerprint density at radius 2 is 1.68 bits per heavy atom. The van der Waals surface area contributed by atoms with Gasteiger partial charge in [0.2, 0.25) is 11.8 Å². The SMILES string of the molecule is COC(=O)C1=NN(C(C)=O)[C@@H]2C(=O)N(c3cc(C)cc(C)c3)C(=O)[C@@H]12. The summed E-state index contributed by atoms with van der Waals surface area (Å²) in [4.78, 5) is 50.6. The van der Waals surface area contributed by atoms with E-state index < -0.39 is 35.7 Å². The largest absolute Gasteiger partial charge is 0.464 e. The second-order valence-electron chi connectivity index (χ2n) is 6.12. The Kier molecular flexibility index (Phi) is 3.90. The van der Waals surface area contributed by atoms with E-state index in [0.29, 0.717) is 5.69 Å². The average molecular weight is 343 g/mol. The van der Waals surface area contributed by atoms with Crippen molar-refractivity contribution in [3.05, 3.63) is 29.3 Å². The van der Waals surface area contributed by atoms with Gasteiger partial charge in [0.05, 0.1) is 12.8 Å². The number of imide groups is 1. The second-order valence-corrected chi connectivity index (χ2v) is 6.12. The van der Waals surface area contributed by atoms with E-state index in [-0.39, 0.29) is 5.71 Å². The van der Waals surface area contributed by atoms with Crippen LogP contribution in [-0.2, 0) is 23.9 Å². The lowest BCUT2D eigenvalue weighted by molar-refractivity contribution is -0.136. The number of esters is 1. The quantitative estimate of drug-likeness (QED) is 0.577. The molecule has 2 aliphatic heterocycles. The van der Waals surface area contributed by atoms with Crippen LogP contribution in [0, 0.1) is 19.8 Å². The van der Waals surface area contributed by atoms with Gasteiger partial charge in [-0.15, -0.1) is 0 Å². The fourth-order valence-corrected chi connectivity index (χ4v) is 3.28. The van der Waals surface area contributed by atoms with Crippen molar-refractivity contribution >= 4 is 35.1 Å². The van der Waals surface area contributed by atoms with Crippen molar-refractivity contribution in [1.29, 1.82) is 0 Å². The van der Waals surface area contributed by atoms with Gasteiger partial charge in [0, 0.05) is 6.92 Å². The molecule has 130 valence electrons. The lowest BCUT2D eigenvalue weighted by Crippen LogP contribution is -2.41. The third-order valence-corrected chi connectivity index (χ3v) is 4.23. The molecule has 1 saturated heterocycles. The molecule has 3 rings (SSSR count). The number of rotatable bonds is 2. The maximum atomic E-state index is 12.9. The first kappa shape index (κ1) is 16.8. The normalized spacial score (nSPS) is 22.2. The van der Waals surface area contributed by atoms with Gasteiger partial charge in [-0.3, -0.25) is 14.4 Å². The Bertz CT molecular complexity index is 824. The number of amides is 3. The highest BCUT2D eigenvalue weighted by atomic mass is 16.5. The average Bonchev–Trinajstić information content (AvgIpc) is 3.03. The Morgan fingerprint density at radius 1 is 1.08 bits per heavy atom. The van der Waals surface area contributed by atoms with Gasteiger partial charge in [0.1, 0.15) is 5.92 Å². The first-order valence-corrected chi connectivity index (χ1v) is 7.69. The number of benzene rings is 1. The predicted octanol–water partition coefficient (Wildman–Crippen LogP) is 0.553. The highest BCUT2D eigenvalue weighted by Gasteiger charge is 2.59. The molecule has 0 bridgehead atoms. The van der Waals surface area contributed by atoms with Crippen molar-refractivity contribution < 1.29 is 23.9 Å². The summed E-state index contributed by atoms with van der Waals surface area (Å²) in [6.45, 7) is 4.93. The molecule has 8 nitrogen and oxygen atoms in total. The van der Waals surface area contributed by atoms with Gasteiger partial charge in [-0.05, 0) is 37.1 Å². The first-order valence-electron chi connectivity index (χ1n) is 7.69. The third-order valence-electron chi connectivity index (χ3n) is 4.23. The predicted molar refractivity (Wildman–Crippen MR) is 87.7 cm³/mol. The van der Waals surface area contributed by atoms with E-state index in [4.69, 9.17) is 0 Å². The van der Waals surface area contributed by atoms with Crippen molar-refractivity contribution in [1.82, 2.24) is 5.01 Å². The van der Waals surface area contributed by atoms with Crippen molar-refractivity contribution in [2.45, 2.75) is 26.8 Å². The molecule has 0 spiro atoms. The summed E-state index contributed by atoms with van der Waals surface area (Å²) in [5.41, 5.74) is 1.96.